The van der Waals surface area contributed by atoms with Crippen LogP contribution in [-0.4, -0.2) is 110 Å². The molecule has 0 unspecified atom stereocenters. The number of benzene rings is 1. The van der Waals surface area contributed by atoms with Crippen LogP contribution in [0.5, 0.6) is 11.5 Å². The molecule has 0 spiro atoms. The highest BCUT2D eigenvalue weighted by Crippen LogP contribution is 2.37. The third kappa shape index (κ3) is 5.21. The van der Waals surface area contributed by atoms with Crippen LogP contribution in [0.25, 0.3) is 11.3 Å². The number of amides is 1. The van der Waals surface area contributed by atoms with Gasteiger partial charge >= 0.3 is 0 Å². The molecule has 2 aliphatic heterocycles. The van der Waals surface area contributed by atoms with Crippen molar-refractivity contribution in [3.8, 4) is 22.8 Å². The van der Waals surface area contributed by atoms with Crippen molar-refractivity contribution >= 4 is 11.7 Å². The highest BCUT2D eigenvalue weighted by molar-refractivity contribution is 5.78. The Kier molecular flexibility index (Phi) is 7.34. The fraction of sp³-hybridized carbons (Fsp3) is 0.577. The zero-order chi connectivity index (χ0) is 24.2. The molecular weight excluding hydrogens is 444 g/mol. The molecule has 3 aliphatic rings. The molecular formula is C26H36N6O3. The van der Waals surface area contributed by atoms with Gasteiger partial charge in [-0.05, 0) is 37.1 Å². The van der Waals surface area contributed by atoms with Gasteiger partial charge in [-0.15, -0.1) is 10.2 Å². The molecule has 1 amide bonds. The Morgan fingerprint density at radius 1 is 0.886 bits per heavy atom. The van der Waals surface area contributed by atoms with Gasteiger partial charge in [0.25, 0.3) is 0 Å². The van der Waals surface area contributed by atoms with Crippen molar-refractivity contribution in [2.45, 2.75) is 25.3 Å². The summed E-state index contributed by atoms with van der Waals surface area (Å²) in [6, 6.07) is 10.4. The summed E-state index contributed by atoms with van der Waals surface area (Å²) < 4.78 is 11.0. The Morgan fingerprint density at radius 3 is 2.11 bits per heavy atom. The molecule has 3 heterocycles. The molecule has 2 saturated heterocycles. The molecule has 9 heteroatoms. The minimum Gasteiger partial charge on any atom is -0.496 e. The van der Waals surface area contributed by atoms with E-state index in [1.807, 2.05) is 30.3 Å². The van der Waals surface area contributed by atoms with Gasteiger partial charge in [0.15, 0.2) is 5.82 Å². The van der Waals surface area contributed by atoms with Crippen LogP contribution in [0.2, 0.25) is 0 Å². The number of carbonyl (C=O) groups excluding carboxylic acids is 1. The lowest BCUT2D eigenvalue weighted by molar-refractivity contribution is -0.134. The number of rotatable bonds is 7. The van der Waals surface area contributed by atoms with Crippen LogP contribution >= 0.6 is 0 Å². The first-order valence-electron chi connectivity index (χ1n) is 12.7. The third-order valence-electron chi connectivity index (χ3n) is 7.65. The highest BCUT2D eigenvalue weighted by Gasteiger charge is 2.30. The van der Waals surface area contributed by atoms with E-state index in [-0.39, 0.29) is 5.91 Å². The SMILES string of the molecule is COc1cccc(OC)c1-c1ccc(N2CCN(CC(=O)N3CCN(C4CCC4)CC3)CC2)nn1. The molecule has 35 heavy (non-hydrogen) atoms. The minimum atomic E-state index is 0.265. The standard InChI is InChI=1S/C26H36N6O3/c1-34-22-7-4-8-23(35-2)26(22)21-9-10-24(28-27-21)31-13-11-29(12-14-31)19-25(33)32-17-15-30(16-18-32)20-5-3-6-20/h4,7-10,20H,3,5-6,11-19H2,1-2H3. The van der Waals surface area contributed by atoms with E-state index in [0.717, 1.165) is 69.8 Å². The second-order valence-corrected chi connectivity index (χ2v) is 9.58. The number of hydrogen-bond donors (Lipinski definition) is 0. The molecule has 2 aromatic rings. The number of piperazine rings is 2. The van der Waals surface area contributed by atoms with E-state index in [1.165, 1.54) is 19.3 Å². The summed E-state index contributed by atoms with van der Waals surface area (Å²) in [4.78, 5) is 22.0. The third-order valence-corrected chi connectivity index (χ3v) is 7.65. The maximum absolute atomic E-state index is 12.9. The maximum Gasteiger partial charge on any atom is 0.236 e. The second-order valence-electron chi connectivity index (χ2n) is 9.58. The fourth-order valence-electron chi connectivity index (χ4n) is 5.25. The van der Waals surface area contributed by atoms with Crippen LogP contribution < -0.4 is 14.4 Å². The topological polar surface area (TPSA) is 74.3 Å². The minimum absolute atomic E-state index is 0.265. The highest BCUT2D eigenvalue weighted by atomic mass is 16.5. The van der Waals surface area contributed by atoms with Gasteiger partial charge in [-0.2, -0.15) is 0 Å². The molecule has 1 aromatic heterocycles. The normalized spacial score (nSPS) is 19.9. The van der Waals surface area contributed by atoms with Crippen LogP contribution in [0.1, 0.15) is 19.3 Å². The molecule has 0 N–H and O–H groups in total. The summed E-state index contributed by atoms with van der Waals surface area (Å²) in [5.41, 5.74) is 1.51. The Morgan fingerprint density at radius 2 is 1.57 bits per heavy atom. The van der Waals surface area contributed by atoms with Crippen molar-refractivity contribution in [3.05, 3.63) is 30.3 Å². The first-order chi connectivity index (χ1) is 17.2. The first-order valence-corrected chi connectivity index (χ1v) is 12.7. The van der Waals surface area contributed by atoms with Crippen LogP contribution in [0, 0.1) is 0 Å². The van der Waals surface area contributed by atoms with E-state index in [9.17, 15) is 4.79 Å². The fourth-order valence-corrected chi connectivity index (χ4v) is 5.25. The average Bonchev–Trinajstić information content (AvgIpc) is 2.88. The number of methoxy groups -OCH3 is 2. The smallest absolute Gasteiger partial charge is 0.236 e. The van der Waals surface area contributed by atoms with Crippen molar-refractivity contribution in [1.82, 2.24) is 24.9 Å². The summed E-state index contributed by atoms with van der Waals surface area (Å²) in [6.45, 7) is 7.65. The number of ether oxygens (including phenoxy) is 2. The molecule has 5 rings (SSSR count). The Hall–Kier alpha value is -2.91. The quantitative estimate of drug-likeness (QED) is 0.596. The molecule has 0 radical (unpaired) electrons. The van der Waals surface area contributed by atoms with Crippen molar-refractivity contribution in [2.24, 2.45) is 0 Å². The zero-order valence-corrected chi connectivity index (χ0v) is 20.9. The maximum atomic E-state index is 12.9. The predicted octanol–water partition coefficient (Wildman–Crippen LogP) is 1.98. The van der Waals surface area contributed by atoms with Gasteiger partial charge in [-0.25, -0.2) is 0 Å². The molecule has 1 saturated carbocycles. The van der Waals surface area contributed by atoms with Crippen LogP contribution in [0.15, 0.2) is 30.3 Å². The number of carbonyl (C=O) groups is 1. The van der Waals surface area contributed by atoms with Gasteiger partial charge < -0.3 is 19.3 Å². The summed E-state index contributed by atoms with van der Waals surface area (Å²) >= 11 is 0. The lowest BCUT2D eigenvalue weighted by Crippen LogP contribution is -2.56. The number of hydrogen-bond acceptors (Lipinski definition) is 8. The van der Waals surface area contributed by atoms with E-state index >= 15 is 0 Å². The van der Waals surface area contributed by atoms with E-state index in [1.54, 1.807) is 14.2 Å². The van der Waals surface area contributed by atoms with Gasteiger partial charge in [0, 0.05) is 58.4 Å². The molecule has 188 valence electrons. The lowest BCUT2D eigenvalue weighted by atomic mass is 9.91. The van der Waals surface area contributed by atoms with Crippen LogP contribution in [-0.2, 0) is 4.79 Å². The average molecular weight is 481 g/mol. The summed E-state index contributed by atoms with van der Waals surface area (Å²) in [6.07, 6.45) is 4.03. The Labute approximate surface area is 207 Å². The summed E-state index contributed by atoms with van der Waals surface area (Å²) in [7, 11) is 3.28. The molecule has 9 nitrogen and oxygen atoms in total. The van der Waals surface area contributed by atoms with Gasteiger partial charge in [-0.1, -0.05) is 12.5 Å². The van der Waals surface area contributed by atoms with Crippen molar-refractivity contribution < 1.29 is 14.3 Å². The van der Waals surface area contributed by atoms with Crippen LogP contribution in [0.4, 0.5) is 5.82 Å². The summed E-state index contributed by atoms with van der Waals surface area (Å²) in [5.74, 6) is 2.52. The predicted molar refractivity (Wildman–Crippen MR) is 135 cm³/mol. The van der Waals surface area contributed by atoms with Gasteiger partial charge in [-0.3, -0.25) is 14.6 Å². The van der Waals surface area contributed by atoms with Gasteiger partial charge in [0.05, 0.1) is 26.3 Å². The number of nitrogens with zero attached hydrogens (tertiary/aromatic N) is 6. The largest absolute Gasteiger partial charge is 0.496 e. The van der Waals surface area contributed by atoms with E-state index < -0.39 is 0 Å². The van der Waals surface area contributed by atoms with Crippen LogP contribution in [0.3, 0.4) is 0 Å². The second kappa shape index (κ2) is 10.8. The molecule has 0 bridgehead atoms. The molecule has 0 atom stereocenters. The van der Waals surface area contributed by atoms with E-state index in [2.05, 4.69) is 29.8 Å². The summed E-state index contributed by atoms with van der Waals surface area (Å²) in [5, 5.41) is 8.96. The number of anilines is 1. The lowest BCUT2D eigenvalue weighted by Gasteiger charge is -2.43. The van der Waals surface area contributed by atoms with Gasteiger partial charge in [0.2, 0.25) is 5.91 Å². The van der Waals surface area contributed by atoms with Crippen molar-refractivity contribution in [3.63, 3.8) is 0 Å². The van der Waals surface area contributed by atoms with Crippen molar-refractivity contribution in [1.29, 1.82) is 0 Å². The van der Waals surface area contributed by atoms with E-state index in [4.69, 9.17) is 9.47 Å². The van der Waals surface area contributed by atoms with Gasteiger partial charge in [0.1, 0.15) is 17.2 Å². The molecule has 1 aromatic carbocycles. The zero-order valence-electron chi connectivity index (χ0n) is 20.9. The van der Waals surface area contributed by atoms with E-state index in [0.29, 0.717) is 23.7 Å². The number of aromatic nitrogens is 2. The van der Waals surface area contributed by atoms with Crippen molar-refractivity contribution in [2.75, 3.05) is 78.0 Å². The monoisotopic (exact) mass is 480 g/mol. The molecule has 3 fully saturated rings. The first kappa shape index (κ1) is 23.8. The Balaban J connectivity index is 1.12. The Bertz CT molecular complexity index is 974. The molecule has 1 aliphatic carbocycles.